The quantitative estimate of drug-likeness (QED) is 0.816. The van der Waals surface area contributed by atoms with Crippen molar-refractivity contribution in [1.82, 2.24) is 0 Å². The average molecular weight is 291 g/mol. The monoisotopic (exact) mass is 290 g/mol. The Morgan fingerprint density at radius 3 is 2.82 bits per heavy atom. The van der Waals surface area contributed by atoms with Gasteiger partial charge in [0.15, 0.2) is 0 Å². The van der Waals surface area contributed by atoms with E-state index in [-0.39, 0.29) is 6.04 Å². The van der Waals surface area contributed by atoms with Crippen LogP contribution in [0.4, 0.5) is 5.69 Å². The second-order valence-electron chi connectivity index (χ2n) is 3.84. The molecule has 3 N–H and O–H groups in total. The Kier molecular flexibility index (Phi) is 5.36. The summed E-state index contributed by atoms with van der Waals surface area (Å²) in [6.07, 6.45) is 1.68. The molecule has 0 aliphatic heterocycles. The van der Waals surface area contributed by atoms with Gasteiger partial charge in [-0.2, -0.15) is 0 Å². The van der Waals surface area contributed by atoms with Crippen LogP contribution < -0.4 is 11.1 Å². The van der Waals surface area contributed by atoms with Gasteiger partial charge < -0.3 is 11.1 Å². The summed E-state index contributed by atoms with van der Waals surface area (Å²) in [5.74, 6) is 0.569. The summed E-state index contributed by atoms with van der Waals surface area (Å²) < 4.78 is 11.1. The first-order chi connectivity index (χ1) is 7.90. The highest BCUT2D eigenvalue weighted by Crippen LogP contribution is 2.21. The molecule has 0 aliphatic rings. The minimum absolute atomic E-state index is 0.0788. The van der Waals surface area contributed by atoms with Crippen LogP contribution in [0, 0.1) is 0 Å². The van der Waals surface area contributed by atoms with E-state index in [0.29, 0.717) is 21.3 Å². The summed E-state index contributed by atoms with van der Waals surface area (Å²) in [7, 11) is -0.844. The van der Waals surface area contributed by atoms with Crippen LogP contribution in [0.2, 0.25) is 5.02 Å². The third-order valence-electron chi connectivity index (χ3n) is 2.13. The lowest BCUT2D eigenvalue weighted by molar-refractivity contribution is 0.683. The molecule has 0 spiro atoms. The van der Waals surface area contributed by atoms with Crippen molar-refractivity contribution in [2.45, 2.75) is 13.0 Å². The number of hydrogen-bond donors (Lipinski definition) is 2. The Balaban J connectivity index is 2.90. The number of rotatable bonds is 5. The van der Waals surface area contributed by atoms with Gasteiger partial charge in [0.2, 0.25) is 0 Å². The van der Waals surface area contributed by atoms with Gasteiger partial charge in [0.05, 0.1) is 0 Å². The summed E-state index contributed by atoms with van der Waals surface area (Å²) in [5, 5.41) is 3.82. The van der Waals surface area contributed by atoms with E-state index >= 15 is 0 Å². The highest BCUT2D eigenvalue weighted by atomic mass is 35.5. The van der Waals surface area contributed by atoms with E-state index in [1.807, 2.05) is 13.0 Å². The summed E-state index contributed by atoms with van der Waals surface area (Å²) >= 11 is 10.9. The predicted octanol–water partition coefficient (Wildman–Crippen LogP) is 2.15. The largest absolute Gasteiger partial charge is 0.389 e. The van der Waals surface area contributed by atoms with Crippen molar-refractivity contribution in [1.29, 1.82) is 0 Å². The molecule has 17 heavy (non-hydrogen) atoms. The maximum Gasteiger partial charge on any atom is 0.106 e. The number of nitrogens with one attached hydrogen (secondary N) is 1. The molecule has 0 radical (unpaired) electrons. The van der Waals surface area contributed by atoms with Gasteiger partial charge in [0.25, 0.3) is 0 Å². The van der Waals surface area contributed by atoms with E-state index in [9.17, 15) is 4.21 Å². The van der Waals surface area contributed by atoms with Crippen molar-refractivity contribution in [2.75, 3.05) is 17.3 Å². The third kappa shape index (κ3) is 4.61. The summed E-state index contributed by atoms with van der Waals surface area (Å²) in [6.45, 7) is 1.96. The van der Waals surface area contributed by atoms with Gasteiger partial charge in [-0.05, 0) is 25.1 Å². The third-order valence-corrected chi connectivity index (χ3v) is 3.56. The number of thiocarbonyl (C=S) groups is 1. The summed E-state index contributed by atoms with van der Waals surface area (Å²) in [5.41, 5.74) is 7.16. The Morgan fingerprint density at radius 1 is 1.65 bits per heavy atom. The van der Waals surface area contributed by atoms with Crippen molar-refractivity contribution in [2.24, 2.45) is 5.73 Å². The zero-order chi connectivity index (χ0) is 13.0. The Labute approximate surface area is 114 Å². The van der Waals surface area contributed by atoms with Crippen LogP contribution in [0.25, 0.3) is 0 Å². The minimum atomic E-state index is -0.844. The fourth-order valence-electron chi connectivity index (χ4n) is 1.51. The fourth-order valence-corrected chi connectivity index (χ4v) is 2.63. The Morgan fingerprint density at radius 2 is 2.29 bits per heavy atom. The second kappa shape index (κ2) is 6.33. The first kappa shape index (κ1) is 14.4. The number of halogens is 1. The van der Waals surface area contributed by atoms with Gasteiger partial charge in [-0.15, -0.1) is 0 Å². The van der Waals surface area contributed by atoms with E-state index in [2.05, 4.69) is 5.32 Å². The lowest BCUT2D eigenvalue weighted by Crippen LogP contribution is -2.24. The van der Waals surface area contributed by atoms with Crippen molar-refractivity contribution in [3.8, 4) is 0 Å². The minimum Gasteiger partial charge on any atom is -0.389 e. The molecule has 3 nitrogen and oxygen atoms in total. The van der Waals surface area contributed by atoms with Crippen LogP contribution in [-0.2, 0) is 10.8 Å². The lowest BCUT2D eigenvalue weighted by atomic mass is 10.1. The zero-order valence-corrected chi connectivity index (χ0v) is 12.1. The SMILES string of the molecule is CC(CS(C)=O)Nc1ccc(Cl)cc1C(N)=S. The molecule has 1 rings (SSSR count). The molecule has 2 atom stereocenters. The van der Waals surface area contributed by atoms with Gasteiger partial charge in [-0.25, -0.2) is 0 Å². The molecule has 0 aliphatic carbocycles. The van der Waals surface area contributed by atoms with Gasteiger partial charge in [0.1, 0.15) is 4.99 Å². The molecular formula is C11H15ClN2OS2. The van der Waals surface area contributed by atoms with Crippen molar-refractivity contribution < 1.29 is 4.21 Å². The van der Waals surface area contributed by atoms with E-state index in [0.717, 1.165) is 5.69 Å². The van der Waals surface area contributed by atoms with Crippen LogP contribution >= 0.6 is 23.8 Å². The molecular weight excluding hydrogens is 276 g/mol. The number of nitrogens with two attached hydrogens (primary N) is 1. The van der Waals surface area contributed by atoms with Crippen molar-refractivity contribution in [3.63, 3.8) is 0 Å². The van der Waals surface area contributed by atoms with Gasteiger partial charge in [-0.1, -0.05) is 23.8 Å². The smallest absolute Gasteiger partial charge is 0.106 e. The standard InChI is InChI=1S/C11H15ClN2OS2/c1-7(6-17(2)15)14-10-4-3-8(12)5-9(10)11(13)16/h3-5,7,14H,6H2,1-2H3,(H2,13,16). The first-order valence-corrected chi connectivity index (χ1v) is 7.57. The summed E-state index contributed by atoms with van der Waals surface area (Å²) in [4.78, 5) is 0.292. The maximum atomic E-state index is 11.1. The molecule has 1 aromatic rings. The molecule has 0 aromatic heterocycles. The number of anilines is 1. The second-order valence-corrected chi connectivity index (χ2v) is 6.20. The Bertz CT molecular complexity index is 451. The van der Waals surface area contributed by atoms with Gasteiger partial charge in [0, 0.05) is 45.1 Å². The molecule has 6 heteroatoms. The molecule has 2 unspecified atom stereocenters. The highest BCUT2D eigenvalue weighted by molar-refractivity contribution is 7.84. The van der Waals surface area contributed by atoms with Crippen LogP contribution in [0.15, 0.2) is 18.2 Å². The molecule has 1 aromatic carbocycles. The van der Waals surface area contributed by atoms with Crippen LogP contribution in [0.1, 0.15) is 12.5 Å². The topological polar surface area (TPSA) is 55.1 Å². The van der Waals surface area contributed by atoms with E-state index in [1.54, 1.807) is 18.4 Å². The van der Waals surface area contributed by atoms with Crippen LogP contribution in [0.5, 0.6) is 0 Å². The van der Waals surface area contributed by atoms with Crippen molar-refractivity contribution in [3.05, 3.63) is 28.8 Å². The normalized spacial score (nSPS) is 14.1. The van der Waals surface area contributed by atoms with Crippen molar-refractivity contribution >= 4 is 45.3 Å². The molecule has 0 amide bonds. The van der Waals surface area contributed by atoms with E-state index in [1.165, 1.54) is 0 Å². The molecule has 0 saturated carbocycles. The molecule has 0 fully saturated rings. The van der Waals surface area contributed by atoms with Crippen LogP contribution in [0.3, 0.4) is 0 Å². The Hall–Kier alpha value is -0.650. The molecule has 0 saturated heterocycles. The average Bonchev–Trinajstić information content (AvgIpc) is 2.19. The summed E-state index contributed by atoms with van der Waals surface area (Å²) in [6, 6.07) is 5.39. The predicted molar refractivity (Wildman–Crippen MR) is 79.4 cm³/mol. The van der Waals surface area contributed by atoms with Crippen LogP contribution in [-0.4, -0.2) is 27.2 Å². The molecule has 0 bridgehead atoms. The van der Waals surface area contributed by atoms with E-state index in [4.69, 9.17) is 29.6 Å². The molecule has 0 heterocycles. The number of benzene rings is 1. The molecule has 94 valence electrons. The maximum absolute atomic E-state index is 11.1. The van der Waals surface area contributed by atoms with Gasteiger partial charge >= 0.3 is 0 Å². The lowest BCUT2D eigenvalue weighted by Gasteiger charge is -2.17. The first-order valence-electron chi connectivity index (χ1n) is 5.06. The number of hydrogen-bond acceptors (Lipinski definition) is 3. The highest BCUT2D eigenvalue weighted by Gasteiger charge is 2.10. The van der Waals surface area contributed by atoms with Gasteiger partial charge in [-0.3, -0.25) is 4.21 Å². The van der Waals surface area contributed by atoms with E-state index < -0.39 is 10.8 Å². The fraction of sp³-hybridized carbons (Fsp3) is 0.364. The zero-order valence-electron chi connectivity index (χ0n) is 9.70.